The van der Waals surface area contributed by atoms with Gasteiger partial charge in [-0.05, 0) is 45.7 Å². The maximum absolute atomic E-state index is 11.3. The largest absolute Gasteiger partial charge is 0.393 e. The lowest BCUT2D eigenvalue weighted by molar-refractivity contribution is -0.121. The van der Waals surface area contributed by atoms with E-state index >= 15 is 0 Å². The second kappa shape index (κ2) is 6.80. The third kappa shape index (κ3) is 7.33. The van der Waals surface area contributed by atoms with Crippen LogP contribution in [0.25, 0.3) is 0 Å². The number of aliphatic hydroxyl groups excluding tert-OH is 1. The quantitative estimate of drug-likeness (QED) is 0.513. The lowest BCUT2D eigenvalue weighted by atomic mass is 10.2. The van der Waals surface area contributed by atoms with Gasteiger partial charge < -0.3 is 15.7 Å². The SMILES string of the molecule is CC(O)CCNCCCC(=O)NC1CC1. The highest BCUT2D eigenvalue weighted by molar-refractivity contribution is 5.76. The summed E-state index contributed by atoms with van der Waals surface area (Å²) in [5.41, 5.74) is 0. The number of hydrogen-bond acceptors (Lipinski definition) is 3. The molecule has 0 aromatic carbocycles. The predicted molar refractivity (Wildman–Crippen MR) is 59.6 cm³/mol. The molecule has 0 bridgehead atoms. The summed E-state index contributed by atoms with van der Waals surface area (Å²) in [6.07, 6.45) is 4.32. The van der Waals surface area contributed by atoms with Crippen molar-refractivity contribution < 1.29 is 9.90 Å². The number of carbonyl (C=O) groups excluding carboxylic acids is 1. The highest BCUT2D eigenvalue weighted by Gasteiger charge is 2.22. The molecule has 0 aromatic rings. The zero-order valence-corrected chi connectivity index (χ0v) is 9.46. The van der Waals surface area contributed by atoms with Gasteiger partial charge in [0.15, 0.2) is 0 Å². The molecule has 0 aromatic heterocycles. The Labute approximate surface area is 91.4 Å². The van der Waals surface area contributed by atoms with Crippen molar-refractivity contribution in [1.29, 1.82) is 0 Å². The van der Waals surface area contributed by atoms with Gasteiger partial charge in [0, 0.05) is 12.5 Å². The third-order valence-corrected chi connectivity index (χ3v) is 2.44. The van der Waals surface area contributed by atoms with Crippen molar-refractivity contribution in [3.8, 4) is 0 Å². The molecule has 1 aliphatic carbocycles. The minimum Gasteiger partial charge on any atom is -0.393 e. The molecule has 3 N–H and O–H groups in total. The van der Waals surface area contributed by atoms with Crippen molar-refractivity contribution in [2.24, 2.45) is 0 Å². The van der Waals surface area contributed by atoms with Gasteiger partial charge in [0.2, 0.25) is 5.91 Å². The molecular formula is C11H22N2O2. The van der Waals surface area contributed by atoms with Crippen LogP contribution in [-0.4, -0.2) is 36.2 Å². The predicted octanol–water partition coefficient (Wildman–Crippen LogP) is 0.406. The Morgan fingerprint density at radius 3 is 2.80 bits per heavy atom. The molecule has 15 heavy (non-hydrogen) atoms. The molecule has 0 saturated heterocycles. The van der Waals surface area contributed by atoms with Gasteiger partial charge in [-0.15, -0.1) is 0 Å². The number of rotatable bonds is 8. The Bertz CT molecular complexity index is 191. The molecule has 0 radical (unpaired) electrons. The van der Waals surface area contributed by atoms with E-state index in [2.05, 4.69) is 10.6 Å². The first kappa shape index (κ1) is 12.5. The number of nitrogens with one attached hydrogen (secondary N) is 2. The van der Waals surface area contributed by atoms with E-state index in [1.807, 2.05) is 0 Å². The normalized spacial score (nSPS) is 17.5. The van der Waals surface area contributed by atoms with E-state index in [-0.39, 0.29) is 12.0 Å². The molecule has 1 amide bonds. The molecule has 1 aliphatic rings. The van der Waals surface area contributed by atoms with Crippen LogP contribution in [0.15, 0.2) is 0 Å². The summed E-state index contributed by atoms with van der Waals surface area (Å²) in [7, 11) is 0. The molecule has 1 unspecified atom stereocenters. The Hall–Kier alpha value is -0.610. The number of carbonyl (C=O) groups is 1. The van der Waals surface area contributed by atoms with Gasteiger partial charge in [0.25, 0.3) is 0 Å². The lowest BCUT2D eigenvalue weighted by Crippen LogP contribution is -2.27. The fraction of sp³-hybridized carbons (Fsp3) is 0.909. The van der Waals surface area contributed by atoms with Crippen molar-refractivity contribution in [3.05, 3.63) is 0 Å². The van der Waals surface area contributed by atoms with Gasteiger partial charge in [-0.1, -0.05) is 0 Å². The third-order valence-electron chi connectivity index (χ3n) is 2.44. The monoisotopic (exact) mass is 214 g/mol. The molecule has 0 spiro atoms. The van der Waals surface area contributed by atoms with Crippen molar-refractivity contribution in [3.63, 3.8) is 0 Å². The van der Waals surface area contributed by atoms with Crippen LogP contribution in [0.4, 0.5) is 0 Å². The molecule has 1 rings (SSSR count). The zero-order valence-electron chi connectivity index (χ0n) is 9.46. The van der Waals surface area contributed by atoms with Crippen molar-refractivity contribution in [1.82, 2.24) is 10.6 Å². The van der Waals surface area contributed by atoms with Gasteiger partial charge in [-0.25, -0.2) is 0 Å². The topological polar surface area (TPSA) is 61.4 Å². The molecule has 1 saturated carbocycles. The smallest absolute Gasteiger partial charge is 0.220 e. The van der Waals surface area contributed by atoms with Crippen LogP contribution >= 0.6 is 0 Å². The van der Waals surface area contributed by atoms with Crippen LogP contribution in [0, 0.1) is 0 Å². The molecule has 0 aliphatic heterocycles. The maximum atomic E-state index is 11.3. The summed E-state index contributed by atoms with van der Waals surface area (Å²) in [5, 5.41) is 15.2. The van der Waals surface area contributed by atoms with Gasteiger partial charge in [-0.2, -0.15) is 0 Å². The van der Waals surface area contributed by atoms with Crippen LogP contribution in [0.2, 0.25) is 0 Å². The Balaban J connectivity index is 1.81. The minimum atomic E-state index is -0.240. The second-order valence-corrected chi connectivity index (χ2v) is 4.33. The number of hydrogen-bond donors (Lipinski definition) is 3. The van der Waals surface area contributed by atoms with E-state index in [1.165, 1.54) is 0 Å². The Morgan fingerprint density at radius 1 is 1.47 bits per heavy atom. The number of aliphatic hydroxyl groups is 1. The van der Waals surface area contributed by atoms with Crippen molar-refractivity contribution in [2.45, 2.75) is 51.2 Å². The molecule has 0 heterocycles. The van der Waals surface area contributed by atoms with Crippen LogP contribution < -0.4 is 10.6 Å². The molecule has 1 atom stereocenters. The average molecular weight is 214 g/mol. The lowest BCUT2D eigenvalue weighted by Gasteiger charge is -2.06. The van der Waals surface area contributed by atoms with Gasteiger partial charge in [0.05, 0.1) is 6.10 Å². The van der Waals surface area contributed by atoms with E-state index < -0.39 is 0 Å². The van der Waals surface area contributed by atoms with Gasteiger partial charge >= 0.3 is 0 Å². The average Bonchev–Trinajstić information content (AvgIpc) is 2.94. The second-order valence-electron chi connectivity index (χ2n) is 4.33. The van der Waals surface area contributed by atoms with Crippen LogP contribution in [-0.2, 0) is 4.79 Å². The van der Waals surface area contributed by atoms with Crippen molar-refractivity contribution in [2.75, 3.05) is 13.1 Å². The van der Waals surface area contributed by atoms with E-state index in [1.54, 1.807) is 6.92 Å². The van der Waals surface area contributed by atoms with E-state index in [9.17, 15) is 4.79 Å². The van der Waals surface area contributed by atoms with E-state index in [0.29, 0.717) is 12.5 Å². The Kier molecular flexibility index (Phi) is 5.65. The van der Waals surface area contributed by atoms with Crippen LogP contribution in [0.3, 0.4) is 0 Å². The molecule has 4 heteroatoms. The first-order valence-corrected chi connectivity index (χ1v) is 5.86. The molecular weight excluding hydrogens is 192 g/mol. The fourth-order valence-corrected chi connectivity index (χ4v) is 1.34. The standard InChI is InChI=1S/C11H22N2O2/c1-9(14)6-8-12-7-2-3-11(15)13-10-4-5-10/h9-10,12,14H,2-8H2,1H3,(H,13,15). The molecule has 1 fully saturated rings. The number of amides is 1. The zero-order chi connectivity index (χ0) is 11.1. The van der Waals surface area contributed by atoms with Crippen LogP contribution in [0.1, 0.15) is 39.0 Å². The van der Waals surface area contributed by atoms with E-state index in [0.717, 1.165) is 38.8 Å². The first-order chi connectivity index (χ1) is 7.18. The highest BCUT2D eigenvalue weighted by atomic mass is 16.3. The first-order valence-electron chi connectivity index (χ1n) is 5.86. The Morgan fingerprint density at radius 2 is 2.20 bits per heavy atom. The highest BCUT2D eigenvalue weighted by Crippen LogP contribution is 2.18. The van der Waals surface area contributed by atoms with Gasteiger partial charge in [0.1, 0.15) is 0 Å². The fourth-order valence-electron chi connectivity index (χ4n) is 1.34. The summed E-state index contributed by atoms with van der Waals surface area (Å²) < 4.78 is 0. The summed E-state index contributed by atoms with van der Waals surface area (Å²) in [6.45, 7) is 3.46. The summed E-state index contributed by atoms with van der Waals surface area (Å²) in [6, 6.07) is 0.473. The minimum absolute atomic E-state index is 0.176. The van der Waals surface area contributed by atoms with Crippen LogP contribution in [0.5, 0.6) is 0 Å². The summed E-state index contributed by atoms with van der Waals surface area (Å²) in [5.74, 6) is 0.176. The van der Waals surface area contributed by atoms with Gasteiger partial charge in [-0.3, -0.25) is 4.79 Å². The molecule has 4 nitrogen and oxygen atoms in total. The van der Waals surface area contributed by atoms with Crippen molar-refractivity contribution >= 4 is 5.91 Å². The maximum Gasteiger partial charge on any atom is 0.220 e. The van der Waals surface area contributed by atoms with E-state index in [4.69, 9.17) is 5.11 Å². The summed E-state index contributed by atoms with van der Waals surface area (Å²) >= 11 is 0. The molecule has 88 valence electrons. The summed E-state index contributed by atoms with van der Waals surface area (Å²) in [4.78, 5) is 11.3.